The van der Waals surface area contributed by atoms with Crippen molar-refractivity contribution in [3.05, 3.63) is 59.4 Å². The van der Waals surface area contributed by atoms with Gasteiger partial charge in [-0.1, -0.05) is 12.1 Å². The second-order valence-corrected chi connectivity index (χ2v) is 6.05. The van der Waals surface area contributed by atoms with Gasteiger partial charge in [0.05, 0.1) is 22.2 Å². The quantitative estimate of drug-likeness (QED) is 0.846. The molecule has 1 aromatic carbocycles. The Kier molecular flexibility index (Phi) is 3.24. The van der Waals surface area contributed by atoms with Crippen molar-refractivity contribution in [3.63, 3.8) is 0 Å². The third kappa shape index (κ3) is 2.36. The molecule has 1 aliphatic carbocycles. The molecule has 18 heavy (non-hydrogen) atoms. The van der Waals surface area contributed by atoms with Gasteiger partial charge in [-0.3, -0.25) is 9.19 Å². The SMILES string of the molecule is O=S(Cc1ccccn1)c1ccc2c(c1)CCC2. The highest BCUT2D eigenvalue weighted by Gasteiger charge is 2.13. The molecule has 3 rings (SSSR count). The summed E-state index contributed by atoms with van der Waals surface area (Å²) in [7, 11) is -0.989. The normalized spacial score (nSPS) is 15.3. The average molecular weight is 257 g/mol. The molecule has 0 fully saturated rings. The first-order valence-electron chi connectivity index (χ1n) is 6.23. The van der Waals surface area contributed by atoms with Crippen LogP contribution in [0.25, 0.3) is 0 Å². The minimum Gasteiger partial charge on any atom is -0.260 e. The summed E-state index contributed by atoms with van der Waals surface area (Å²) in [6, 6.07) is 12.0. The van der Waals surface area contributed by atoms with Crippen LogP contribution in [-0.4, -0.2) is 9.19 Å². The highest BCUT2D eigenvalue weighted by atomic mass is 32.2. The van der Waals surface area contributed by atoms with Gasteiger partial charge in [0.1, 0.15) is 0 Å². The van der Waals surface area contributed by atoms with Crippen LogP contribution < -0.4 is 0 Å². The Hall–Kier alpha value is -1.48. The third-order valence-corrected chi connectivity index (χ3v) is 4.68. The van der Waals surface area contributed by atoms with Gasteiger partial charge < -0.3 is 0 Å². The van der Waals surface area contributed by atoms with E-state index in [0.29, 0.717) is 5.75 Å². The molecule has 0 spiro atoms. The Morgan fingerprint density at radius 2 is 2.00 bits per heavy atom. The summed E-state index contributed by atoms with van der Waals surface area (Å²) in [5.41, 5.74) is 3.69. The van der Waals surface area contributed by atoms with E-state index in [9.17, 15) is 4.21 Å². The van der Waals surface area contributed by atoms with E-state index in [-0.39, 0.29) is 0 Å². The summed E-state index contributed by atoms with van der Waals surface area (Å²) >= 11 is 0. The summed E-state index contributed by atoms with van der Waals surface area (Å²) in [4.78, 5) is 5.16. The number of hydrogen-bond donors (Lipinski definition) is 0. The van der Waals surface area contributed by atoms with Crippen molar-refractivity contribution in [2.75, 3.05) is 0 Å². The molecule has 1 unspecified atom stereocenters. The van der Waals surface area contributed by atoms with Gasteiger partial charge in [0, 0.05) is 11.1 Å². The average Bonchev–Trinajstić information content (AvgIpc) is 2.87. The van der Waals surface area contributed by atoms with E-state index < -0.39 is 10.8 Å². The lowest BCUT2D eigenvalue weighted by atomic mass is 10.1. The van der Waals surface area contributed by atoms with Gasteiger partial charge in [0.15, 0.2) is 0 Å². The van der Waals surface area contributed by atoms with E-state index in [4.69, 9.17) is 0 Å². The standard InChI is InChI=1S/C15H15NOS/c17-18(11-14-6-1-2-9-16-14)15-8-7-12-4-3-5-13(12)10-15/h1-2,6-10H,3-5,11H2. The molecule has 0 aliphatic heterocycles. The fourth-order valence-corrected chi connectivity index (χ4v) is 3.49. The molecule has 2 nitrogen and oxygen atoms in total. The van der Waals surface area contributed by atoms with Crippen molar-refractivity contribution in [2.45, 2.75) is 29.9 Å². The van der Waals surface area contributed by atoms with Crippen molar-refractivity contribution < 1.29 is 4.21 Å². The molecule has 1 heterocycles. The Bertz CT molecular complexity index is 580. The molecular weight excluding hydrogens is 242 g/mol. The number of aryl methyl sites for hydroxylation is 2. The molecule has 0 saturated heterocycles. The Balaban J connectivity index is 1.81. The lowest BCUT2D eigenvalue weighted by molar-refractivity contribution is 0.682. The molecule has 1 atom stereocenters. The summed E-state index contributed by atoms with van der Waals surface area (Å²) < 4.78 is 12.3. The zero-order valence-electron chi connectivity index (χ0n) is 10.1. The van der Waals surface area contributed by atoms with Crippen molar-refractivity contribution in [1.29, 1.82) is 0 Å². The highest BCUT2D eigenvalue weighted by Crippen LogP contribution is 2.24. The van der Waals surface area contributed by atoms with Gasteiger partial charge in [0.25, 0.3) is 0 Å². The van der Waals surface area contributed by atoms with Crippen molar-refractivity contribution >= 4 is 10.8 Å². The molecule has 1 aromatic heterocycles. The van der Waals surface area contributed by atoms with E-state index in [2.05, 4.69) is 17.1 Å². The number of benzene rings is 1. The van der Waals surface area contributed by atoms with Crippen LogP contribution in [0.15, 0.2) is 47.5 Å². The second-order valence-electron chi connectivity index (χ2n) is 4.60. The number of pyridine rings is 1. The number of fused-ring (bicyclic) bond motifs is 1. The van der Waals surface area contributed by atoms with Crippen LogP contribution in [0.5, 0.6) is 0 Å². The molecule has 2 aromatic rings. The number of rotatable bonds is 3. The third-order valence-electron chi connectivity index (χ3n) is 3.34. The van der Waals surface area contributed by atoms with Crippen LogP contribution in [0, 0.1) is 0 Å². The molecule has 0 N–H and O–H groups in total. The highest BCUT2D eigenvalue weighted by molar-refractivity contribution is 7.84. The minimum absolute atomic E-state index is 0.500. The largest absolute Gasteiger partial charge is 0.260 e. The number of aromatic nitrogens is 1. The zero-order valence-corrected chi connectivity index (χ0v) is 11.0. The van der Waals surface area contributed by atoms with E-state index >= 15 is 0 Å². The Morgan fingerprint density at radius 3 is 2.83 bits per heavy atom. The molecule has 0 amide bonds. The van der Waals surface area contributed by atoms with E-state index in [0.717, 1.165) is 17.0 Å². The summed E-state index contributed by atoms with van der Waals surface area (Å²) in [5, 5.41) is 0. The Morgan fingerprint density at radius 1 is 1.11 bits per heavy atom. The van der Waals surface area contributed by atoms with Crippen LogP contribution >= 0.6 is 0 Å². The van der Waals surface area contributed by atoms with Crippen LogP contribution in [0.3, 0.4) is 0 Å². The zero-order chi connectivity index (χ0) is 12.4. The maximum absolute atomic E-state index is 12.3. The minimum atomic E-state index is -0.989. The predicted molar refractivity (Wildman–Crippen MR) is 72.8 cm³/mol. The van der Waals surface area contributed by atoms with Crippen LogP contribution in [-0.2, 0) is 29.4 Å². The second kappa shape index (κ2) is 5.02. The van der Waals surface area contributed by atoms with Crippen molar-refractivity contribution in [3.8, 4) is 0 Å². The van der Waals surface area contributed by atoms with Crippen LogP contribution in [0.2, 0.25) is 0 Å². The maximum Gasteiger partial charge on any atom is 0.0705 e. The van der Waals surface area contributed by atoms with Crippen molar-refractivity contribution in [2.24, 2.45) is 0 Å². The van der Waals surface area contributed by atoms with E-state index in [1.165, 1.54) is 24.0 Å². The smallest absolute Gasteiger partial charge is 0.0705 e. The van der Waals surface area contributed by atoms with E-state index in [1.807, 2.05) is 24.3 Å². The fraction of sp³-hybridized carbons (Fsp3) is 0.267. The number of nitrogens with zero attached hydrogens (tertiary/aromatic N) is 1. The lowest BCUT2D eigenvalue weighted by Crippen LogP contribution is -1.99. The van der Waals surface area contributed by atoms with Crippen LogP contribution in [0.4, 0.5) is 0 Å². The number of hydrogen-bond acceptors (Lipinski definition) is 2. The predicted octanol–water partition coefficient (Wildman–Crippen LogP) is 2.88. The lowest BCUT2D eigenvalue weighted by Gasteiger charge is -2.05. The molecular formula is C15H15NOS. The molecule has 3 heteroatoms. The fourth-order valence-electron chi connectivity index (χ4n) is 2.39. The van der Waals surface area contributed by atoms with Gasteiger partial charge in [-0.05, 0) is 54.7 Å². The van der Waals surface area contributed by atoms with Crippen LogP contribution in [0.1, 0.15) is 23.2 Å². The topological polar surface area (TPSA) is 30.0 Å². The summed E-state index contributed by atoms with van der Waals surface area (Å²) in [6.07, 6.45) is 5.27. The molecule has 92 valence electrons. The first kappa shape index (κ1) is 11.6. The molecule has 0 bridgehead atoms. The first-order valence-corrected chi connectivity index (χ1v) is 7.55. The molecule has 0 saturated carbocycles. The van der Waals surface area contributed by atoms with E-state index in [1.54, 1.807) is 6.20 Å². The van der Waals surface area contributed by atoms with Gasteiger partial charge in [-0.2, -0.15) is 0 Å². The summed E-state index contributed by atoms with van der Waals surface area (Å²) in [5.74, 6) is 0.500. The van der Waals surface area contributed by atoms with Crippen molar-refractivity contribution in [1.82, 2.24) is 4.98 Å². The molecule has 0 radical (unpaired) electrons. The molecule has 1 aliphatic rings. The Labute approximate surface area is 110 Å². The first-order chi connectivity index (χ1) is 8.83. The monoisotopic (exact) mass is 257 g/mol. The van der Waals surface area contributed by atoms with Gasteiger partial charge >= 0.3 is 0 Å². The summed E-state index contributed by atoms with van der Waals surface area (Å²) in [6.45, 7) is 0. The van der Waals surface area contributed by atoms with Gasteiger partial charge in [-0.15, -0.1) is 0 Å². The van der Waals surface area contributed by atoms with Gasteiger partial charge in [-0.25, -0.2) is 0 Å². The van der Waals surface area contributed by atoms with Gasteiger partial charge in [0.2, 0.25) is 0 Å². The maximum atomic E-state index is 12.3.